The molecular weight excluding hydrogens is 175 g/mol. The van der Waals surface area contributed by atoms with Crippen LogP contribution < -0.4 is 0 Å². The van der Waals surface area contributed by atoms with Crippen molar-refractivity contribution >= 4 is 8.25 Å². The third kappa shape index (κ3) is 1.54. The summed E-state index contributed by atoms with van der Waals surface area (Å²) in [5.74, 6) is 0. The van der Waals surface area contributed by atoms with Gasteiger partial charge >= 0.3 is 8.25 Å². The van der Waals surface area contributed by atoms with Crippen LogP contribution in [0, 0.1) is 5.41 Å². The van der Waals surface area contributed by atoms with Crippen LogP contribution in [0.15, 0.2) is 0 Å². The SMILES string of the molecule is CCC1(C)C(C)O[P+](=O)OC1C. The Morgan fingerprint density at radius 3 is 2.08 bits per heavy atom. The van der Waals surface area contributed by atoms with Gasteiger partial charge in [-0.25, -0.2) is 0 Å². The summed E-state index contributed by atoms with van der Waals surface area (Å²) in [6.07, 6.45) is 0.989. The van der Waals surface area contributed by atoms with E-state index in [1.165, 1.54) is 0 Å². The quantitative estimate of drug-likeness (QED) is 0.598. The van der Waals surface area contributed by atoms with Crippen molar-refractivity contribution < 1.29 is 13.6 Å². The Morgan fingerprint density at radius 1 is 1.33 bits per heavy atom. The first-order chi connectivity index (χ1) is 5.50. The number of hydrogen-bond donors (Lipinski definition) is 0. The topological polar surface area (TPSA) is 35.5 Å². The number of rotatable bonds is 1. The van der Waals surface area contributed by atoms with E-state index in [2.05, 4.69) is 13.8 Å². The average molecular weight is 191 g/mol. The van der Waals surface area contributed by atoms with Crippen molar-refractivity contribution in [1.29, 1.82) is 0 Å². The van der Waals surface area contributed by atoms with Crippen molar-refractivity contribution in [3.8, 4) is 0 Å². The van der Waals surface area contributed by atoms with Gasteiger partial charge in [0.1, 0.15) is 12.2 Å². The highest BCUT2D eigenvalue weighted by Gasteiger charge is 2.50. The van der Waals surface area contributed by atoms with Gasteiger partial charge in [-0.3, -0.25) is 0 Å². The predicted octanol–water partition coefficient (Wildman–Crippen LogP) is 2.88. The van der Waals surface area contributed by atoms with Gasteiger partial charge < -0.3 is 0 Å². The van der Waals surface area contributed by atoms with Gasteiger partial charge in [-0.15, -0.1) is 9.05 Å². The first kappa shape index (κ1) is 10.1. The van der Waals surface area contributed by atoms with E-state index in [1.807, 2.05) is 13.8 Å². The minimum absolute atomic E-state index is 0.00913. The molecule has 0 aromatic heterocycles. The Morgan fingerprint density at radius 2 is 1.75 bits per heavy atom. The molecule has 0 bridgehead atoms. The summed E-state index contributed by atoms with van der Waals surface area (Å²) < 4.78 is 21.3. The van der Waals surface area contributed by atoms with Gasteiger partial charge in [-0.2, -0.15) is 0 Å². The van der Waals surface area contributed by atoms with E-state index in [9.17, 15) is 4.57 Å². The van der Waals surface area contributed by atoms with Crippen LogP contribution in [0.25, 0.3) is 0 Å². The molecule has 0 aromatic carbocycles. The lowest BCUT2D eigenvalue weighted by atomic mass is 9.78. The summed E-state index contributed by atoms with van der Waals surface area (Å²) in [6.45, 7) is 8.11. The molecular formula is C8H16O3P+. The first-order valence-electron chi connectivity index (χ1n) is 4.31. The van der Waals surface area contributed by atoms with Crippen molar-refractivity contribution in [2.45, 2.75) is 46.3 Å². The molecule has 1 aliphatic rings. The Bertz CT molecular complexity index is 179. The second kappa shape index (κ2) is 3.41. The summed E-state index contributed by atoms with van der Waals surface area (Å²) >= 11 is 0. The fourth-order valence-corrected chi connectivity index (χ4v) is 2.48. The van der Waals surface area contributed by atoms with E-state index in [4.69, 9.17) is 9.05 Å². The molecule has 12 heavy (non-hydrogen) atoms. The van der Waals surface area contributed by atoms with Crippen LogP contribution in [0.1, 0.15) is 34.1 Å². The first-order valence-corrected chi connectivity index (χ1v) is 5.41. The molecule has 0 spiro atoms. The fourth-order valence-electron chi connectivity index (χ4n) is 1.43. The molecule has 0 aliphatic carbocycles. The molecule has 0 radical (unpaired) electrons. The summed E-state index contributed by atoms with van der Waals surface area (Å²) in [5, 5.41) is 0. The van der Waals surface area contributed by atoms with Crippen molar-refractivity contribution in [2.75, 3.05) is 0 Å². The maximum absolute atomic E-state index is 11.0. The van der Waals surface area contributed by atoms with Gasteiger partial charge in [-0.1, -0.05) is 13.8 Å². The third-order valence-electron chi connectivity index (χ3n) is 3.11. The lowest BCUT2D eigenvalue weighted by molar-refractivity contribution is -0.0650. The molecule has 0 saturated carbocycles. The summed E-state index contributed by atoms with van der Waals surface area (Å²) in [4.78, 5) is 0. The Hall–Kier alpha value is 0.0200. The molecule has 0 amide bonds. The molecule has 3 nitrogen and oxygen atoms in total. The van der Waals surface area contributed by atoms with Crippen LogP contribution in [-0.2, 0) is 13.6 Å². The van der Waals surface area contributed by atoms with E-state index < -0.39 is 8.25 Å². The summed E-state index contributed by atoms with van der Waals surface area (Å²) in [5.41, 5.74) is -0.0107. The minimum atomic E-state index is -1.88. The monoisotopic (exact) mass is 191 g/mol. The molecule has 1 saturated heterocycles. The Labute approximate surface area is 74.4 Å². The smallest absolute Gasteiger partial charge is 0.115 e. The molecule has 2 atom stereocenters. The Balaban J connectivity index is 2.79. The molecule has 1 heterocycles. The average Bonchev–Trinajstić information content (AvgIpc) is 2.00. The summed E-state index contributed by atoms with van der Waals surface area (Å²) in [6, 6.07) is 0. The van der Waals surface area contributed by atoms with E-state index in [0.717, 1.165) is 6.42 Å². The van der Waals surface area contributed by atoms with Gasteiger partial charge in [0, 0.05) is 9.98 Å². The van der Waals surface area contributed by atoms with Crippen molar-refractivity contribution in [3.63, 3.8) is 0 Å². The minimum Gasteiger partial charge on any atom is -0.115 e. The maximum atomic E-state index is 11.0. The lowest BCUT2D eigenvalue weighted by Gasteiger charge is -2.36. The normalized spacial score (nSPS) is 46.2. The molecule has 1 fully saturated rings. The van der Waals surface area contributed by atoms with E-state index >= 15 is 0 Å². The van der Waals surface area contributed by atoms with Gasteiger partial charge in [0.25, 0.3) is 0 Å². The zero-order valence-electron chi connectivity index (χ0n) is 8.03. The Kier molecular flexibility index (Phi) is 2.87. The molecule has 70 valence electrons. The van der Waals surface area contributed by atoms with Crippen LogP contribution in [0.2, 0.25) is 0 Å². The van der Waals surface area contributed by atoms with Crippen LogP contribution in [0.4, 0.5) is 0 Å². The van der Waals surface area contributed by atoms with Crippen molar-refractivity contribution in [1.82, 2.24) is 0 Å². The second-order valence-electron chi connectivity index (χ2n) is 3.58. The highest BCUT2D eigenvalue weighted by Crippen LogP contribution is 2.47. The van der Waals surface area contributed by atoms with E-state index in [1.54, 1.807) is 0 Å². The van der Waals surface area contributed by atoms with Crippen LogP contribution >= 0.6 is 8.25 Å². The largest absolute Gasteiger partial charge is 0.697 e. The van der Waals surface area contributed by atoms with Crippen LogP contribution in [0.5, 0.6) is 0 Å². The molecule has 0 N–H and O–H groups in total. The lowest BCUT2D eigenvalue weighted by Crippen LogP contribution is -2.43. The van der Waals surface area contributed by atoms with E-state index in [0.29, 0.717) is 0 Å². The van der Waals surface area contributed by atoms with E-state index in [-0.39, 0.29) is 17.6 Å². The van der Waals surface area contributed by atoms with Crippen molar-refractivity contribution in [2.24, 2.45) is 5.41 Å². The maximum Gasteiger partial charge on any atom is 0.697 e. The van der Waals surface area contributed by atoms with Gasteiger partial charge in [0.15, 0.2) is 0 Å². The van der Waals surface area contributed by atoms with Crippen molar-refractivity contribution in [3.05, 3.63) is 0 Å². The third-order valence-corrected chi connectivity index (χ3v) is 4.08. The molecule has 1 aliphatic heterocycles. The molecule has 1 rings (SSSR count). The molecule has 4 heteroatoms. The standard InChI is InChI=1S/C8H16O3P/c1-5-8(4)6(2)10-12(9)11-7(8)3/h6-7H,5H2,1-4H3/q+1. The second-order valence-corrected chi connectivity index (χ2v) is 4.45. The highest BCUT2D eigenvalue weighted by atomic mass is 31.1. The molecule has 0 aromatic rings. The zero-order valence-corrected chi connectivity index (χ0v) is 8.93. The predicted molar refractivity (Wildman–Crippen MR) is 47.1 cm³/mol. The fraction of sp³-hybridized carbons (Fsp3) is 1.00. The zero-order chi connectivity index (χ0) is 9.35. The van der Waals surface area contributed by atoms with Gasteiger partial charge in [-0.05, 0) is 20.3 Å². The summed E-state index contributed by atoms with van der Waals surface area (Å²) in [7, 11) is -1.88. The van der Waals surface area contributed by atoms with Crippen LogP contribution in [-0.4, -0.2) is 12.2 Å². The highest BCUT2D eigenvalue weighted by molar-refractivity contribution is 7.33. The molecule has 2 unspecified atom stereocenters. The van der Waals surface area contributed by atoms with Crippen LogP contribution in [0.3, 0.4) is 0 Å². The van der Waals surface area contributed by atoms with Gasteiger partial charge in [0.05, 0.1) is 0 Å². The number of hydrogen-bond acceptors (Lipinski definition) is 3. The van der Waals surface area contributed by atoms with Gasteiger partial charge in [0.2, 0.25) is 0 Å².